The van der Waals surface area contributed by atoms with Crippen molar-refractivity contribution in [2.24, 2.45) is 0 Å². The highest BCUT2D eigenvalue weighted by molar-refractivity contribution is 5.48. The van der Waals surface area contributed by atoms with Crippen molar-refractivity contribution >= 4 is 5.69 Å². The number of hydrogen-bond donors (Lipinski definition) is 1. The Hall–Kier alpha value is -1.12. The van der Waals surface area contributed by atoms with E-state index in [9.17, 15) is 8.78 Å². The van der Waals surface area contributed by atoms with Crippen molar-refractivity contribution in [1.29, 1.82) is 0 Å². The maximum Gasteiger partial charge on any atom is 0.152 e. The highest BCUT2D eigenvalue weighted by Gasteiger charge is 2.10. The first-order valence-electron chi connectivity index (χ1n) is 5.85. The zero-order valence-corrected chi connectivity index (χ0v) is 9.95. The molecule has 0 bridgehead atoms. The molecule has 0 aliphatic carbocycles. The lowest BCUT2D eigenvalue weighted by molar-refractivity contribution is 0.580. The number of hydrogen-bond acceptors (Lipinski definition) is 1. The molecule has 0 saturated carbocycles. The number of anilines is 1. The second-order valence-electron chi connectivity index (χ2n) is 4.04. The molecule has 0 radical (unpaired) electrons. The lowest BCUT2D eigenvalue weighted by atomic mass is 10.2. The van der Waals surface area contributed by atoms with Gasteiger partial charge in [-0.1, -0.05) is 32.3 Å². The van der Waals surface area contributed by atoms with E-state index in [1.54, 1.807) is 6.92 Å². The first kappa shape index (κ1) is 12.9. The second kappa shape index (κ2) is 6.46. The van der Waals surface area contributed by atoms with Crippen LogP contribution >= 0.6 is 0 Å². The molecule has 0 amide bonds. The van der Waals surface area contributed by atoms with Crippen molar-refractivity contribution in [3.05, 3.63) is 29.3 Å². The lowest BCUT2D eigenvalue weighted by Gasteiger charge is -2.09. The highest BCUT2D eigenvalue weighted by Crippen LogP contribution is 2.21. The quantitative estimate of drug-likeness (QED) is 0.716. The summed E-state index contributed by atoms with van der Waals surface area (Å²) < 4.78 is 26.8. The average Bonchev–Trinajstić information content (AvgIpc) is 2.28. The van der Waals surface area contributed by atoms with Crippen molar-refractivity contribution in [3.63, 3.8) is 0 Å². The van der Waals surface area contributed by atoms with E-state index in [1.807, 2.05) is 0 Å². The van der Waals surface area contributed by atoms with Gasteiger partial charge in [0.25, 0.3) is 0 Å². The fourth-order valence-electron chi connectivity index (χ4n) is 1.58. The van der Waals surface area contributed by atoms with Gasteiger partial charge >= 0.3 is 0 Å². The van der Waals surface area contributed by atoms with Gasteiger partial charge in [-0.2, -0.15) is 0 Å². The van der Waals surface area contributed by atoms with Gasteiger partial charge in [-0.3, -0.25) is 0 Å². The molecular weight excluding hydrogens is 208 g/mol. The fraction of sp³-hybridized carbons (Fsp3) is 0.538. The van der Waals surface area contributed by atoms with Gasteiger partial charge in [0.05, 0.1) is 0 Å². The van der Waals surface area contributed by atoms with E-state index in [2.05, 4.69) is 12.2 Å². The molecular formula is C13H19F2N. The Bertz CT molecular complexity index is 337. The summed E-state index contributed by atoms with van der Waals surface area (Å²) in [6.45, 7) is 4.39. The fourth-order valence-corrected chi connectivity index (χ4v) is 1.58. The molecule has 0 atom stereocenters. The Morgan fingerprint density at radius 2 is 1.88 bits per heavy atom. The van der Waals surface area contributed by atoms with Gasteiger partial charge in [0.1, 0.15) is 11.5 Å². The van der Waals surface area contributed by atoms with Crippen molar-refractivity contribution in [3.8, 4) is 0 Å². The van der Waals surface area contributed by atoms with E-state index < -0.39 is 11.6 Å². The van der Waals surface area contributed by atoms with Crippen LogP contribution in [-0.4, -0.2) is 6.54 Å². The molecule has 0 saturated heterocycles. The summed E-state index contributed by atoms with van der Waals surface area (Å²) in [6, 6.07) is 2.75. The smallest absolute Gasteiger partial charge is 0.152 e. The second-order valence-corrected chi connectivity index (χ2v) is 4.04. The summed E-state index contributed by atoms with van der Waals surface area (Å²) in [7, 11) is 0. The number of halogens is 2. The molecule has 90 valence electrons. The number of aryl methyl sites for hydroxylation is 1. The predicted molar refractivity (Wildman–Crippen MR) is 63.7 cm³/mol. The van der Waals surface area contributed by atoms with Crippen LogP contribution in [0.4, 0.5) is 14.5 Å². The summed E-state index contributed by atoms with van der Waals surface area (Å²) in [6.07, 6.45) is 4.37. The molecule has 0 fully saturated rings. The minimum absolute atomic E-state index is 0.0106. The molecule has 3 heteroatoms. The Balaban J connectivity index is 2.50. The first-order chi connectivity index (χ1) is 7.66. The normalized spacial score (nSPS) is 10.5. The number of rotatable bonds is 6. The maximum absolute atomic E-state index is 13.5. The van der Waals surface area contributed by atoms with Crippen LogP contribution in [0.25, 0.3) is 0 Å². The average molecular weight is 227 g/mol. The van der Waals surface area contributed by atoms with Crippen LogP contribution in [0.15, 0.2) is 12.1 Å². The van der Waals surface area contributed by atoms with Crippen molar-refractivity contribution in [1.82, 2.24) is 0 Å². The molecule has 1 rings (SSSR count). The summed E-state index contributed by atoms with van der Waals surface area (Å²) in [5, 5.41) is 2.83. The zero-order valence-electron chi connectivity index (χ0n) is 9.95. The lowest BCUT2D eigenvalue weighted by Crippen LogP contribution is -2.06. The molecule has 0 aliphatic heterocycles. The number of nitrogens with one attached hydrogen (secondary N) is 1. The first-order valence-corrected chi connectivity index (χ1v) is 5.85. The van der Waals surface area contributed by atoms with Gasteiger partial charge in [0.2, 0.25) is 0 Å². The third-order valence-corrected chi connectivity index (χ3v) is 2.62. The monoisotopic (exact) mass is 227 g/mol. The predicted octanol–water partition coefficient (Wildman–Crippen LogP) is 4.27. The molecule has 1 N–H and O–H groups in total. The van der Waals surface area contributed by atoms with Crippen LogP contribution < -0.4 is 5.32 Å². The van der Waals surface area contributed by atoms with Crippen LogP contribution in [0.2, 0.25) is 0 Å². The van der Waals surface area contributed by atoms with Gasteiger partial charge in [-0.25, -0.2) is 8.78 Å². The maximum atomic E-state index is 13.5. The topological polar surface area (TPSA) is 12.0 Å². The van der Waals surface area contributed by atoms with Crippen molar-refractivity contribution in [2.75, 3.05) is 11.9 Å². The van der Waals surface area contributed by atoms with Crippen LogP contribution in [0.5, 0.6) is 0 Å². The Morgan fingerprint density at radius 3 is 2.56 bits per heavy atom. The Labute approximate surface area is 95.9 Å². The van der Waals surface area contributed by atoms with Crippen LogP contribution in [0, 0.1) is 18.6 Å². The van der Waals surface area contributed by atoms with Gasteiger partial charge in [-0.05, 0) is 25.0 Å². The van der Waals surface area contributed by atoms with Crippen LogP contribution in [0.1, 0.15) is 38.2 Å². The molecule has 1 aromatic carbocycles. The number of benzene rings is 1. The van der Waals surface area contributed by atoms with Gasteiger partial charge in [0.15, 0.2) is 5.82 Å². The van der Waals surface area contributed by atoms with Crippen molar-refractivity contribution in [2.45, 2.75) is 39.5 Å². The molecule has 0 aromatic heterocycles. The van der Waals surface area contributed by atoms with E-state index >= 15 is 0 Å². The number of unbranched alkanes of at least 4 members (excludes halogenated alkanes) is 3. The van der Waals surface area contributed by atoms with E-state index in [0.29, 0.717) is 12.1 Å². The highest BCUT2D eigenvalue weighted by atomic mass is 19.1. The summed E-state index contributed by atoms with van der Waals surface area (Å²) >= 11 is 0. The van der Waals surface area contributed by atoms with Gasteiger partial charge < -0.3 is 5.32 Å². The molecule has 1 aromatic rings. The molecule has 1 nitrogen and oxygen atoms in total. The van der Waals surface area contributed by atoms with Crippen LogP contribution in [0.3, 0.4) is 0 Å². The summed E-state index contributed by atoms with van der Waals surface area (Å²) in [4.78, 5) is 0. The van der Waals surface area contributed by atoms with E-state index in [1.165, 1.54) is 18.6 Å². The van der Waals surface area contributed by atoms with Crippen LogP contribution in [-0.2, 0) is 0 Å². The molecule has 0 spiro atoms. The largest absolute Gasteiger partial charge is 0.380 e. The molecule has 0 heterocycles. The van der Waals surface area contributed by atoms with Gasteiger partial charge in [-0.15, -0.1) is 0 Å². The standard InChI is InChI=1S/C13H19F2N/c1-3-4-5-6-9-16-13-11(14)8-7-10(2)12(13)15/h7-8,16H,3-6,9H2,1-2H3. The van der Waals surface area contributed by atoms with E-state index in [-0.39, 0.29) is 5.69 Å². The third kappa shape index (κ3) is 3.47. The van der Waals surface area contributed by atoms with E-state index in [4.69, 9.17) is 0 Å². The van der Waals surface area contributed by atoms with Gasteiger partial charge in [0, 0.05) is 6.54 Å². The minimum Gasteiger partial charge on any atom is -0.380 e. The SMILES string of the molecule is CCCCCCNc1c(F)ccc(C)c1F. The zero-order chi connectivity index (χ0) is 12.0. The third-order valence-electron chi connectivity index (χ3n) is 2.62. The Kier molecular flexibility index (Phi) is 5.23. The minimum atomic E-state index is -0.515. The van der Waals surface area contributed by atoms with Crippen molar-refractivity contribution < 1.29 is 8.78 Å². The summed E-state index contributed by atoms with van der Waals surface area (Å²) in [5.74, 6) is -0.992. The Morgan fingerprint density at radius 1 is 1.12 bits per heavy atom. The summed E-state index contributed by atoms with van der Waals surface area (Å²) in [5.41, 5.74) is 0.481. The van der Waals surface area contributed by atoms with E-state index in [0.717, 1.165) is 19.3 Å². The molecule has 16 heavy (non-hydrogen) atoms. The molecule has 0 unspecified atom stereocenters. The molecule has 0 aliphatic rings.